The summed E-state index contributed by atoms with van der Waals surface area (Å²) in [6.07, 6.45) is 0. The lowest BCUT2D eigenvalue weighted by molar-refractivity contribution is 0.0655. The minimum atomic E-state index is 0. The highest BCUT2D eigenvalue weighted by Crippen LogP contribution is 2.16. The molecule has 1 atom stereocenters. The third-order valence-corrected chi connectivity index (χ3v) is 3.15. The number of benzene rings is 1. The van der Waals surface area contributed by atoms with E-state index < -0.39 is 0 Å². The molecule has 1 aromatic rings. The Bertz CT molecular complexity index is 426. The van der Waals surface area contributed by atoms with Gasteiger partial charge in [-0.1, -0.05) is 6.07 Å². The average molecular weight is 285 g/mol. The minimum Gasteiger partial charge on any atom is -0.494 e. The number of ether oxygens (including phenoxy) is 1. The standard InChI is InChI=1S/C14H20N2O2.ClH/c1-3-18-13-6-4-5-12(9-13)14(17)16-8-7-15-10-11(16)2;/h4-6,9,11,15H,3,7-8,10H2,1-2H3;1H. The van der Waals surface area contributed by atoms with Crippen LogP contribution in [-0.2, 0) is 0 Å². The number of piperazine rings is 1. The molecule has 1 heterocycles. The zero-order valence-electron chi connectivity index (χ0n) is 11.4. The lowest BCUT2D eigenvalue weighted by Crippen LogP contribution is -2.52. The second-order valence-corrected chi connectivity index (χ2v) is 4.51. The van der Waals surface area contributed by atoms with Gasteiger partial charge in [-0.15, -0.1) is 12.4 Å². The Kier molecular flexibility index (Phi) is 6.12. The molecule has 1 aliphatic heterocycles. The van der Waals surface area contributed by atoms with Crippen LogP contribution in [0.5, 0.6) is 5.75 Å². The van der Waals surface area contributed by atoms with Gasteiger partial charge < -0.3 is 15.0 Å². The molecule has 4 nitrogen and oxygen atoms in total. The van der Waals surface area contributed by atoms with Crippen LogP contribution < -0.4 is 10.1 Å². The van der Waals surface area contributed by atoms with E-state index in [0.717, 1.165) is 25.4 Å². The summed E-state index contributed by atoms with van der Waals surface area (Å²) in [4.78, 5) is 14.3. The fourth-order valence-corrected chi connectivity index (χ4v) is 2.19. The number of hydrogen-bond acceptors (Lipinski definition) is 3. The van der Waals surface area contributed by atoms with Gasteiger partial charge in [0.15, 0.2) is 0 Å². The summed E-state index contributed by atoms with van der Waals surface area (Å²) in [5, 5.41) is 3.28. The molecule has 1 N–H and O–H groups in total. The fraction of sp³-hybridized carbons (Fsp3) is 0.500. The molecule has 0 aliphatic carbocycles. The van der Waals surface area contributed by atoms with Gasteiger partial charge in [-0.25, -0.2) is 0 Å². The predicted molar refractivity (Wildman–Crippen MR) is 78.2 cm³/mol. The maximum atomic E-state index is 12.4. The highest BCUT2D eigenvalue weighted by atomic mass is 35.5. The van der Waals surface area contributed by atoms with Gasteiger partial charge in [-0.05, 0) is 32.0 Å². The molecule has 0 saturated carbocycles. The zero-order chi connectivity index (χ0) is 13.0. The summed E-state index contributed by atoms with van der Waals surface area (Å²) in [5.74, 6) is 0.844. The molecule has 0 spiro atoms. The average Bonchev–Trinajstić information content (AvgIpc) is 2.39. The second-order valence-electron chi connectivity index (χ2n) is 4.51. The molecule has 0 radical (unpaired) electrons. The highest BCUT2D eigenvalue weighted by Gasteiger charge is 2.24. The van der Waals surface area contributed by atoms with Crippen molar-refractivity contribution in [3.63, 3.8) is 0 Å². The molecule has 1 unspecified atom stereocenters. The van der Waals surface area contributed by atoms with Gasteiger partial charge in [0.1, 0.15) is 5.75 Å². The lowest BCUT2D eigenvalue weighted by Gasteiger charge is -2.34. The minimum absolute atomic E-state index is 0. The highest BCUT2D eigenvalue weighted by molar-refractivity contribution is 5.94. The third-order valence-electron chi connectivity index (χ3n) is 3.15. The summed E-state index contributed by atoms with van der Waals surface area (Å²) in [6, 6.07) is 7.65. The van der Waals surface area contributed by atoms with Crippen LogP contribution in [0.4, 0.5) is 0 Å². The Morgan fingerprint density at radius 2 is 2.32 bits per heavy atom. The monoisotopic (exact) mass is 284 g/mol. The molecule has 0 bridgehead atoms. The lowest BCUT2D eigenvalue weighted by atomic mass is 10.1. The molecule has 1 aromatic carbocycles. The number of carbonyl (C=O) groups excluding carboxylic acids is 1. The van der Waals surface area contributed by atoms with E-state index in [1.807, 2.05) is 36.1 Å². The molecular weight excluding hydrogens is 264 g/mol. The summed E-state index contributed by atoms with van der Waals surface area (Å²) in [5.41, 5.74) is 0.703. The van der Waals surface area contributed by atoms with Crippen molar-refractivity contribution in [1.29, 1.82) is 0 Å². The van der Waals surface area contributed by atoms with Crippen molar-refractivity contribution in [2.45, 2.75) is 19.9 Å². The first-order valence-corrected chi connectivity index (χ1v) is 6.47. The van der Waals surface area contributed by atoms with Crippen LogP contribution in [0.2, 0.25) is 0 Å². The van der Waals surface area contributed by atoms with Gasteiger partial charge in [0, 0.05) is 31.2 Å². The fourth-order valence-electron chi connectivity index (χ4n) is 2.19. The van der Waals surface area contributed by atoms with Crippen molar-refractivity contribution in [2.75, 3.05) is 26.2 Å². The molecule has 1 saturated heterocycles. The predicted octanol–water partition coefficient (Wildman–Crippen LogP) is 1.94. The number of carbonyl (C=O) groups is 1. The Hall–Kier alpha value is -1.26. The van der Waals surface area contributed by atoms with E-state index in [4.69, 9.17) is 4.74 Å². The molecule has 0 aromatic heterocycles. The van der Waals surface area contributed by atoms with E-state index in [1.165, 1.54) is 0 Å². The molecule has 1 amide bonds. The number of nitrogens with one attached hydrogen (secondary N) is 1. The van der Waals surface area contributed by atoms with E-state index >= 15 is 0 Å². The van der Waals surface area contributed by atoms with Crippen LogP contribution in [0.3, 0.4) is 0 Å². The molecule has 2 rings (SSSR count). The summed E-state index contributed by atoms with van der Waals surface area (Å²) < 4.78 is 5.43. The normalized spacial score (nSPS) is 18.6. The number of rotatable bonds is 3. The Balaban J connectivity index is 0.00000180. The van der Waals surface area contributed by atoms with E-state index in [2.05, 4.69) is 12.2 Å². The van der Waals surface area contributed by atoms with Crippen molar-refractivity contribution in [2.24, 2.45) is 0 Å². The Morgan fingerprint density at radius 3 is 3.00 bits per heavy atom. The van der Waals surface area contributed by atoms with Crippen LogP contribution in [0.1, 0.15) is 24.2 Å². The first kappa shape index (κ1) is 15.8. The second kappa shape index (κ2) is 7.36. The van der Waals surface area contributed by atoms with Crippen molar-refractivity contribution in [3.8, 4) is 5.75 Å². The van der Waals surface area contributed by atoms with E-state index in [1.54, 1.807) is 0 Å². The van der Waals surface area contributed by atoms with Crippen LogP contribution in [0, 0.1) is 0 Å². The summed E-state index contributed by atoms with van der Waals surface area (Å²) >= 11 is 0. The van der Waals surface area contributed by atoms with Crippen molar-refractivity contribution < 1.29 is 9.53 Å². The van der Waals surface area contributed by atoms with Crippen LogP contribution in [0.15, 0.2) is 24.3 Å². The number of nitrogens with zero attached hydrogens (tertiary/aromatic N) is 1. The third kappa shape index (κ3) is 3.85. The van der Waals surface area contributed by atoms with Gasteiger partial charge >= 0.3 is 0 Å². The van der Waals surface area contributed by atoms with Gasteiger partial charge in [-0.2, -0.15) is 0 Å². The van der Waals surface area contributed by atoms with E-state index in [0.29, 0.717) is 12.2 Å². The van der Waals surface area contributed by atoms with Crippen molar-refractivity contribution in [1.82, 2.24) is 10.2 Å². The van der Waals surface area contributed by atoms with Crippen LogP contribution in [-0.4, -0.2) is 43.1 Å². The van der Waals surface area contributed by atoms with Gasteiger partial charge in [-0.3, -0.25) is 4.79 Å². The molecular formula is C14H21ClN2O2. The zero-order valence-corrected chi connectivity index (χ0v) is 12.2. The van der Waals surface area contributed by atoms with Gasteiger partial charge in [0.05, 0.1) is 6.61 Å². The topological polar surface area (TPSA) is 41.6 Å². The molecule has 19 heavy (non-hydrogen) atoms. The van der Waals surface area contributed by atoms with Crippen molar-refractivity contribution >= 4 is 18.3 Å². The SMILES string of the molecule is CCOc1cccc(C(=O)N2CCNCC2C)c1.Cl. The van der Waals surface area contributed by atoms with Gasteiger partial charge in [0.25, 0.3) is 5.91 Å². The maximum absolute atomic E-state index is 12.4. The van der Waals surface area contributed by atoms with Crippen molar-refractivity contribution in [3.05, 3.63) is 29.8 Å². The largest absolute Gasteiger partial charge is 0.494 e. The molecule has 106 valence electrons. The molecule has 5 heteroatoms. The van der Waals surface area contributed by atoms with E-state index in [-0.39, 0.29) is 24.4 Å². The van der Waals surface area contributed by atoms with Crippen LogP contribution in [0.25, 0.3) is 0 Å². The maximum Gasteiger partial charge on any atom is 0.254 e. The first-order valence-electron chi connectivity index (χ1n) is 6.47. The molecule has 1 fully saturated rings. The van der Waals surface area contributed by atoms with E-state index in [9.17, 15) is 4.79 Å². The molecule has 1 aliphatic rings. The quantitative estimate of drug-likeness (QED) is 0.922. The number of hydrogen-bond donors (Lipinski definition) is 1. The smallest absolute Gasteiger partial charge is 0.254 e. The number of amides is 1. The summed E-state index contributed by atoms with van der Waals surface area (Å²) in [6.45, 7) is 7.10. The Labute approximate surface area is 120 Å². The first-order chi connectivity index (χ1) is 8.72. The Morgan fingerprint density at radius 1 is 1.53 bits per heavy atom. The number of halogens is 1. The van der Waals surface area contributed by atoms with Crippen LogP contribution >= 0.6 is 12.4 Å². The van der Waals surface area contributed by atoms with Gasteiger partial charge in [0.2, 0.25) is 0 Å². The summed E-state index contributed by atoms with van der Waals surface area (Å²) in [7, 11) is 0.